The molecule has 0 bridgehead atoms. The van der Waals surface area contributed by atoms with Crippen molar-refractivity contribution < 1.29 is 9.42 Å². The second-order valence-electron chi connectivity index (χ2n) is 7.34. The Balaban J connectivity index is 1.68. The summed E-state index contributed by atoms with van der Waals surface area (Å²) in [6, 6.07) is 11.1. The lowest BCUT2D eigenvalue weighted by molar-refractivity contribution is 0.0311. The summed E-state index contributed by atoms with van der Waals surface area (Å²) < 4.78 is 4.65. The Morgan fingerprint density at radius 1 is 1.15 bits per heavy atom. The number of anilines is 1. The number of likely N-dealkylation sites (N-methyl/N-ethyl adjacent to an activating group) is 1. The number of hydrogen-bond acceptors (Lipinski definition) is 6. The van der Waals surface area contributed by atoms with Crippen LogP contribution in [0.1, 0.15) is 47.7 Å². The molecule has 1 aromatic heterocycles. The molecule has 7 heteroatoms. The number of hydrogen-bond donors (Lipinski definition) is 1. The van der Waals surface area contributed by atoms with Crippen LogP contribution in [0.3, 0.4) is 0 Å². The molecule has 0 saturated carbocycles. The zero-order valence-corrected chi connectivity index (χ0v) is 15.0. The number of aromatic nitrogens is 2. The summed E-state index contributed by atoms with van der Waals surface area (Å²) in [5.41, 5.74) is 7.25. The number of carbonyl (C=O) groups excluding carboxylic acids is 1. The van der Waals surface area contributed by atoms with E-state index in [1.165, 1.54) is 5.56 Å². The van der Waals surface area contributed by atoms with E-state index in [2.05, 4.69) is 57.2 Å². The molecule has 3 heterocycles. The maximum absolute atomic E-state index is 13.1. The van der Waals surface area contributed by atoms with Crippen molar-refractivity contribution in [3.8, 4) is 0 Å². The van der Waals surface area contributed by atoms with Crippen molar-refractivity contribution >= 4 is 11.7 Å². The smallest absolute Gasteiger partial charge is 0.280 e. The molecule has 0 unspecified atom stereocenters. The monoisotopic (exact) mass is 355 g/mol. The van der Waals surface area contributed by atoms with Crippen molar-refractivity contribution in [1.82, 2.24) is 20.1 Å². The fourth-order valence-electron chi connectivity index (χ4n) is 4.65. The molecular weight excluding hydrogens is 330 g/mol. The van der Waals surface area contributed by atoms with Crippen molar-refractivity contribution in [2.45, 2.75) is 43.7 Å². The lowest BCUT2D eigenvalue weighted by Gasteiger charge is -2.48. The number of nitrogen functional groups attached to an aromatic ring is 1. The maximum Gasteiger partial charge on any atom is 0.280 e. The third kappa shape index (κ3) is 2.96. The van der Waals surface area contributed by atoms with E-state index in [1.54, 1.807) is 0 Å². The molecule has 2 aromatic rings. The molecule has 2 aliphatic rings. The van der Waals surface area contributed by atoms with Crippen LogP contribution < -0.4 is 5.73 Å². The lowest BCUT2D eigenvalue weighted by Crippen LogP contribution is -2.58. The molecule has 1 aromatic carbocycles. The van der Waals surface area contributed by atoms with Crippen LogP contribution in [0.15, 0.2) is 35.0 Å². The van der Waals surface area contributed by atoms with Gasteiger partial charge in [0.05, 0.1) is 0 Å². The number of nitrogens with zero attached hydrogens (tertiary/aromatic N) is 4. The number of nitrogens with two attached hydrogens (primary N) is 1. The van der Waals surface area contributed by atoms with Crippen LogP contribution in [0, 0.1) is 0 Å². The van der Waals surface area contributed by atoms with Gasteiger partial charge >= 0.3 is 0 Å². The van der Waals surface area contributed by atoms with Gasteiger partial charge in [-0.2, -0.15) is 0 Å². The van der Waals surface area contributed by atoms with Crippen molar-refractivity contribution in [3.63, 3.8) is 0 Å². The number of fused-ring (bicyclic) bond motifs is 1. The highest BCUT2D eigenvalue weighted by molar-refractivity contribution is 5.96. The number of carbonyl (C=O) groups is 1. The zero-order valence-electron chi connectivity index (χ0n) is 15.0. The minimum Gasteiger partial charge on any atom is -0.379 e. The second kappa shape index (κ2) is 7.07. The first-order valence-corrected chi connectivity index (χ1v) is 9.31. The molecular formula is C19H25N5O2. The highest BCUT2D eigenvalue weighted by Crippen LogP contribution is 2.38. The number of amides is 1. The molecule has 0 radical (unpaired) electrons. The standard InChI is InChI=1S/C19H25N5O2/c1-23-11-6-5-9-15-17(23)14(13-7-3-2-4-8-13)10-12-24(15)19(25)16-18(20)22-26-21-16/h2-4,7-8,14-15,17H,5-6,9-12H2,1H3,(H2,20,22)/t14-,15-,17-/m1/s1. The normalized spacial score (nSPS) is 27.0. The molecule has 3 atom stereocenters. The van der Waals surface area contributed by atoms with Crippen LogP contribution in [-0.4, -0.2) is 58.2 Å². The molecule has 2 fully saturated rings. The summed E-state index contributed by atoms with van der Waals surface area (Å²) in [5, 5.41) is 7.30. The number of likely N-dealkylation sites (tertiary alicyclic amines) is 2. The van der Waals surface area contributed by atoms with Crippen molar-refractivity contribution in [2.75, 3.05) is 25.9 Å². The topological polar surface area (TPSA) is 88.5 Å². The predicted octanol–water partition coefficient (Wildman–Crippen LogP) is 2.13. The Morgan fingerprint density at radius 3 is 2.69 bits per heavy atom. The summed E-state index contributed by atoms with van der Waals surface area (Å²) in [5.74, 6) is 0.320. The van der Waals surface area contributed by atoms with Gasteiger partial charge in [-0.05, 0) is 48.7 Å². The molecule has 1 amide bonds. The third-order valence-electron chi connectivity index (χ3n) is 5.86. The number of benzene rings is 1. The van der Waals surface area contributed by atoms with Crippen LogP contribution in [0.5, 0.6) is 0 Å². The van der Waals surface area contributed by atoms with E-state index in [9.17, 15) is 4.79 Å². The largest absolute Gasteiger partial charge is 0.379 e. The molecule has 0 aliphatic carbocycles. The molecule has 7 nitrogen and oxygen atoms in total. The number of piperidine rings is 1. The van der Waals surface area contributed by atoms with Crippen molar-refractivity contribution in [1.29, 1.82) is 0 Å². The van der Waals surface area contributed by atoms with E-state index in [-0.39, 0.29) is 23.5 Å². The summed E-state index contributed by atoms with van der Waals surface area (Å²) in [6.07, 6.45) is 4.19. The fraction of sp³-hybridized carbons (Fsp3) is 0.526. The second-order valence-corrected chi connectivity index (χ2v) is 7.34. The summed E-state index contributed by atoms with van der Waals surface area (Å²) >= 11 is 0. The average Bonchev–Trinajstić information content (AvgIpc) is 3.00. The minimum absolute atomic E-state index is 0.0682. The fourth-order valence-corrected chi connectivity index (χ4v) is 4.65. The molecule has 2 N–H and O–H groups in total. The molecule has 2 aliphatic heterocycles. The van der Waals surface area contributed by atoms with Crippen LogP contribution in [0.25, 0.3) is 0 Å². The third-order valence-corrected chi connectivity index (χ3v) is 5.86. The highest BCUT2D eigenvalue weighted by Gasteiger charge is 2.44. The Kier molecular flexibility index (Phi) is 4.63. The van der Waals surface area contributed by atoms with Gasteiger partial charge in [0.25, 0.3) is 5.91 Å². The van der Waals surface area contributed by atoms with Gasteiger partial charge in [0.1, 0.15) is 0 Å². The van der Waals surface area contributed by atoms with E-state index in [4.69, 9.17) is 5.73 Å². The maximum atomic E-state index is 13.1. The van der Waals surface area contributed by atoms with Gasteiger partial charge in [0.2, 0.25) is 11.5 Å². The van der Waals surface area contributed by atoms with Gasteiger partial charge in [-0.15, -0.1) is 0 Å². The average molecular weight is 355 g/mol. The van der Waals surface area contributed by atoms with Gasteiger partial charge in [0.15, 0.2) is 0 Å². The van der Waals surface area contributed by atoms with Crippen LogP contribution in [0.4, 0.5) is 5.82 Å². The molecule has 4 rings (SSSR count). The van der Waals surface area contributed by atoms with E-state index in [0.29, 0.717) is 18.5 Å². The molecule has 2 saturated heterocycles. The van der Waals surface area contributed by atoms with Gasteiger partial charge in [0, 0.05) is 24.5 Å². The van der Waals surface area contributed by atoms with Crippen LogP contribution >= 0.6 is 0 Å². The Hall–Kier alpha value is -2.41. The van der Waals surface area contributed by atoms with Crippen molar-refractivity contribution in [2.24, 2.45) is 0 Å². The SMILES string of the molecule is CN1CCCC[C@@H]2[C@H]1[C@@H](c1ccccc1)CCN2C(=O)c1nonc1N. The highest BCUT2D eigenvalue weighted by atomic mass is 16.6. The molecule has 138 valence electrons. The van der Waals surface area contributed by atoms with Crippen molar-refractivity contribution in [3.05, 3.63) is 41.6 Å². The van der Waals surface area contributed by atoms with Crippen LogP contribution in [0.2, 0.25) is 0 Å². The summed E-state index contributed by atoms with van der Waals surface area (Å²) in [4.78, 5) is 17.4. The quantitative estimate of drug-likeness (QED) is 0.888. The Labute approximate surface area is 153 Å². The van der Waals surface area contributed by atoms with E-state index in [1.807, 2.05) is 4.90 Å². The molecule has 0 spiro atoms. The van der Waals surface area contributed by atoms with Gasteiger partial charge in [-0.25, -0.2) is 4.63 Å². The Morgan fingerprint density at radius 2 is 1.96 bits per heavy atom. The van der Waals surface area contributed by atoms with Gasteiger partial charge in [-0.1, -0.05) is 36.8 Å². The summed E-state index contributed by atoms with van der Waals surface area (Å²) in [6.45, 7) is 1.75. The minimum atomic E-state index is -0.166. The lowest BCUT2D eigenvalue weighted by atomic mass is 9.79. The Bertz CT molecular complexity index is 762. The van der Waals surface area contributed by atoms with E-state index < -0.39 is 0 Å². The summed E-state index contributed by atoms with van der Waals surface area (Å²) in [7, 11) is 2.18. The van der Waals surface area contributed by atoms with Crippen LogP contribution in [-0.2, 0) is 0 Å². The number of rotatable bonds is 2. The van der Waals surface area contributed by atoms with E-state index >= 15 is 0 Å². The first-order valence-electron chi connectivity index (χ1n) is 9.31. The molecule has 26 heavy (non-hydrogen) atoms. The predicted molar refractivity (Wildman–Crippen MR) is 97.6 cm³/mol. The van der Waals surface area contributed by atoms with Gasteiger partial charge in [-0.3, -0.25) is 4.79 Å². The van der Waals surface area contributed by atoms with E-state index in [0.717, 1.165) is 32.2 Å². The first-order chi connectivity index (χ1) is 12.7. The first kappa shape index (κ1) is 17.0. The van der Waals surface area contributed by atoms with Gasteiger partial charge < -0.3 is 15.5 Å². The zero-order chi connectivity index (χ0) is 18.1.